The van der Waals surface area contributed by atoms with Crippen LogP contribution in [0.5, 0.6) is 0 Å². The molecule has 1 aliphatic rings. The largest absolute Gasteiger partial charge is 0.416 e. The molecule has 1 unspecified atom stereocenters. The Kier molecular flexibility index (Phi) is 5.08. The lowest BCUT2D eigenvalue weighted by atomic mass is 9.90. The number of nitrogens with zero attached hydrogens (tertiary/aromatic N) is 1. The van der Waals surface area contributed by atoms with Gasteiger partial charge in [0, 0.05) is 13.1 Å². The van der Waals surface area contributed by atoms with Gasteiger partial charge in [-0.25, -0.2) is 8.78 Å². The van der Waals surface area contributed by atoms with Crippen LogP contribution in [0.3, 0.4) is 0 Å². The van der Waals surface area contributed by atoms with E-state index >= 15 is 0 Å². The van der Waals surface area contributed by atoms with E-state index in [1.54, 1.807) is 6.07 Å². The Hall–Kier alpha value is -1.95. The molecular weight excluding hydrogens is 337 g/mol. The maximum absolute atomic E-state index is 13.4. The zero-order valence-corrected chi connectivity index (χ0v) is 13.5. The van der Waals surface area contributed by atoms with Crippen molar-refractivity contribution in [3.05, 3.63) is 70.8 Å². The lowest BCUT2D eigenvalue weighted by Gasteiger charge is -2.33. The highest BCUT2D eigenvalue weighted by Gasteiger charge is 2.30. The Bertz CT molecular complexity index is 724. The summed E-state index contributed by atoms with van der Waals surface area (Å²) in [5.74, 6) is -1.61. The van der Waals surface area contributed by atoms with Crippen molar-refractivity contribution < 1.29 is 22.0 Å². The smallest absolute Gasteiger partial charge is 0.298 e. The highest BCUT2D eigenvalue weighted by Crippen LogP contribution is 2.31. The Labute approximate surface area is 143 Å². The second-order valence-corrected chi connectivity index (χ2v) is 6.44. The summed E-state index contributed by atoms with van der Waals surface area (Å²) in [5.41, 5.74) is 0.907. The predicted octanol–water partition coefficient (Wildman–Crippen LogP) is 5.36. The molecule has 0 amide bonds. The van der Waals surface area contributed by atoms with Crippen LogP contribution >= 0.6 is 0 Å². The minimum Gasteiger partial charge on any atom is -0.298 e. The third-order valence-electron chi connectivity index (χ3n) is 4.61. The number of alkyl halides is 3. The quantitative estimate of drug-likeness (QED) is 0.670. The van der Waals surface area contributed by atoms with Crippen molar-refractivity contribution >= 4 is 0 Å². The monoisotopic (exact) mass is 355 g/mol. The Morgan fingerprint density at radius 2 is 1.68 bits per heavy atom. The molecule has 1 aliphatic heterocycles. The number of likely N-dealkylation sites (tertiary alicyclic amines) is 1. The van der Waals surface area contributed by atoms with Gasteiger partial charge in [-0.05, 0) is 60.7 Å². The molecule has 1 atom stereocenters. The molecule has 2 aromatic carbocycles. The van der Waals surface area contributed by atoms with Gasteiger partial charge in [-0.3, -0.25) is 4.90 Å². The van der Waals surface area contributed by atoms with Crippen LogP contribution in [0.1, 0.15) is 35.4 Å². The molecule has 6 heteroatoms. The van der Waals surface area contributed by atoms with Crippen LogP contribution in [0.2, 0.25) is 0 Å². The number of piperidine rings is 1. The van der Waals surface area contributed by atoms with Crippen molar-refractivity contribution in [3.8, 4) is 0 Å². The molecule has 0 spiro atoms. The molecular formula is C19H18F5N. The molecule has 1 fully saturated rings. The van der Waals surface area contributed by atoms with Crippen molar-refractivity contribution in [3.63, 3.8) is 0 Å². The van der Waals surface area contributed by atoms with Gasteiger partial charge in [-0.2, -0.15) is 13.2 Å². The van der Waals surface area contributed by atoms with Crippen LogP contribution in [-0.4, -0.2) is 18.0 Å². The van der Waals surface area contributed by atoms with E-state index in [0.717, 1.165) is 48.7 Å². The van der Waals surface area contributed by atoms with Gasteiger partial charge in [-0.1, -0.05) is 18.2 Å². The van der Waals surface area contributed by atoms with Crippen molar-refractivity contribution in [1.29, 1.82) is 0 Å². The highest BCUT2D eigenvalue weighted by molar-refractivity contribution is 5.25. The van der Waals surface area contributed by atoms with E-state index in [0.29, 0.717) is 13.1 Å². The molecule has 134 valence electrons. The number of rotatable bonds is 3. The molecule has 1 saturated heterocycles. The lowest BCUT2D eigenvalue weighted by molar-refractivity contribution is -0.137. The predicted molar refractivity (Wildman–Crippen MR) is 85.1 cm³/mol. The van der Waals surface area contributed by atoms with E-state index in [-0.39, 0.29) is 5.92 Å². The Morgan fingerprint density at radius 3 is 2.32 bits per heavy atom. The first kappa shape index (κ1) is 17.9. The van der Waals surface area contributed by atoms with Gasteiger partial charge in [0.25, 0.3) is 0 Å². The van der Waals surface area contributed by atoms with E-state index in [1.165, 1.54) is 18.2 Å². The minimum atomic E-state index is -4.33. The summed E-state index contributed by atoms with van der Waals surface area (Å²) in [7, 11) is 0. The maximum atomic E-state index is 13.4. The van der Waals surface area contributed by atoms with Gasteiger partial charge in [-0.15, -0.1) is 0 Å². The van der Waals surface area contributed by atoms with Gasteiger partial charge in [0.2, 0.25) is 0 Å². The zero-order valence-electron chi connectivity index (χ0n) is 13.5. The number of halogens is 5. The van der Waals surface area contributed by atoms with Crippen LogP contribution < -0.4 is 0 Å². The van der Waals surface area contributed by atoms with Gasteiger partial charge in [0.05, 0.1) is 5.56 Å². The fraction of sp³-hybridized carbons (Fsp3) is 0.368. The zero-order chi connectivity index (χ0) is 18.0. The average molecular weight is 355 g/mol. The molecule has 0 aliphatic carbocycles. The van der Waals surface area contributed by atoms with E-state index in [9.17, 15) is 22.0 Å². The van der Waals surface area contributed by atoms with Crippen molar-refractivity contribution in [2.45, 2.75) is 31.5 Å². The molecule has 3 rings (SSSR count). The SMILES string of the molecule is Fc1ccc(C2CCCN(Cc3ccc(C(F)(F)F)cc3)C2)cc1F. The van der Waals surface area contributed by atoms with Crippen LogP contribution in [0, 0.1) is 11.6 Å². The molecule has 0 bridgehead atoms. The van der Waals surface area contributed by atoms with Gasteiger partial charge < -0.3 is 0 Å². The second-order valence-electron chi connectivity index (χ2n) is 6.44. The molecule has 25 heavy (non-hydrogen) atoms. The molecule has 1 nitrogen and oxygen atoms in total. The summed E-state index contributed by atoms with van der Waals surface area (Å²) < 4.78 is 64.3. The fourth-order valence-corrected chi connectivity index (χ4v) is 3.29. The van der Waals surface area contributed by atoms with Crippen molar-refractivity contribution in [2.24, 2.45) is 0 Å². The fourth-order valence-electron chi connectivity index (χ4n) is 3.29. The third kappa shape index (κ3) is 4.37. The molecule has 0 radical (unpaired) electrons. The number of hydrogen-bond acceptors (Lipinski definition) is 1. The Morgan fingerprint density at radius 1 is 0.960 bits per heavy atom. The van der Waals surface area contributed by atoms with E-state index in [2.05, 4.69) is 4.90 Å². The number of benzene rings is 2. The summed E-state index contributed by atoms with van der Waals surface area (Å²) in [6, 6.07) is 9.14. The molecule has 0 saturated carbocycles. The molecule has 0 aromatic heterocycles. The van der Waals surface area contributed by atoms with Crippen molar-refractivity contribution in [2.75, 3.05) is 13.1 Å². The summed E-state index contributed by atoms with van der Waals surface area (Å²) in [4.78, 5) is 2.14. The van der Waals surface area contributed by atoms with Gasteiger partial charge in [0.15, 0.2) is 11.6 Å². The summed E-state index contributed by atoms with van der Waals surface area (Å²) in [5, 5.41) is 0. The summed E-state index contributed by atoms with van der Waals surface area (Å²) in [6.07, 6.45) is -2.54. The van der Waals surface area contributed by atoms with Crippen LogP contribution in [-0.2, 0) is 12.7 Å². The molecule has 1 heterocycles. The first-order valence-electron chi connectivity index (χ1n) is 8.16. The first-order chi connectivity index (χ1) is 11.8. The van der Waals surface area contributed by atoms with Crippen LogP contribution in [0.4, 0.5) is 22.0 Å². The van der Waals surface area contributed by atoms with Gasteiger partial charge >= 0.3 is 6.18 Å². The standard InChI is InChI=1S/C19H18F5N/c20-17-8-5-14(10-18(17)21)15-2-1-9-25(12-15)11-13-3-6-16(7-4-13)19(22,23)24/h3-8,10,15H,1-2,9,11-12H2. The molecule has 2 aromatic rings. The van der Waals surface area contributed by atoms with Crippen molar-refractivity contribution in [1.82, 2.24) is 4.90 Å². The molecule has 0 N–H and O–H groups in total. The average Bonchev–Trinajstić information content (AvgIpc) is 2.57. The van der Waals surface area contributed by atoms with Crippen LogP contribution in [0.25, 0.3) is 0 Å². The highest BCUT2D eigenvalue weighted by atomic mass is 19.4. The summed E-state index contributed by atoms with van der Waals surface area (Å²) in [6.45, 7) is 2.05. The van der Waals surface area contributed by atoms with E-state index in [4.69, 9.17) is 0 Å². The minimum absolute atomic E-state index is 0.0956. The topological polar surface area (TPSA) is 3.24 Å². The summed E-state index contributed by atoms with van der Waals surface area (Å²) >= 11 is 0. The maximum Gasteiger partial charge on any atom is 0.416 e. The van der Waals surface area contributed by atoms with Crippen LogP contribution in [0.15, 0.2) is 42.5 Å². The third-order valence-corrected chi connectivity index (χ3v) is 4.61. The Balaban J connectivity index is 1.66. The second kappa shape index (κ2) is 7.12. The van der Waals surface area contributed by atoms with Gasteiger partial charge in [0.1, 0.15) is 0 Å². The van der Waals surface area contributed by atoms with E-state index < -0.39 is 23.4 Å². The lowest BCUT2D eigenvalue weighted by Crippen LogP contribution is -2.33. The van der Waals surface area contributed by atoms with E-state index in [1.807, 2.05) is 0 Å². The normalized spacial score (nSPS) is 19.2. The first-order valence-corrected chi connectivity index (χ1v) is 8.16. The number of hydrogen-bond donors (Lipinski definition) is 0.